The second-order valence-electron chi connectivity index (χ2n) is 4.62. The van der Waals surface area contributed by atoms with Gasteiger partial charge in [-0.2, -0.15) is 0 Å². The average molecular weight is 221 g/mol. The molecule has 0 aromatic heterocycles. The standard InChI is InChI=1S/C13H16FNO/c1-8-6-10(4-5-12(8)14)11(7-13(15)16)9-2-3-9/h4-6,9,11H,2-3,7H2,1H3,(H2,15,16)/t11-/m0/s1. The molecule has 0 radical (unpaired) electrons. The van der Waals surface area contributed by atoms with Crippen LogP contribution in [0.2, 0.25) is 0 Å². The zero-order chi connectivity index (χ0) is 11.7. The molecule has 2 rings (SSSR count). The number of aryl methyl sites for hydroxylation is 1. The first-order valence-electron chi connectivity index (χ1n) is 5.62. The van der Waals surface area contributed by atoms with Gasteiger partial charge in [-0.15, -0.1) is 0 Å². The van der Waals surface area contributed by atoms with E-state index in [2.05, 4.69) is 0 Å². The fourth-order valence-electron chi connectivity index (χ4n) is 2.17. The lowest BCUT2D eigenvalue weighted by Gasteiger charge is -2.15. The number of hydrogen-bond acceptors (Lipinski definition) is 1. The van der Waals surface area contributed by atoms with Crippen LogP contribution in [-0.2, 0) is 4.79 Å². The van der Waals surface area contributed by atoms with Crippen LogP contribution in [0.5, 0.6) is 0 Å². The number of amides is 1. The summed E-state index contributed by atoms with van der Waals surface area (Å²) in [5.74, 6) is 0.255. The molecule has 1 amide bonds. The summed E-state index contributed by atoms with van der Waals surface area (Å²) in [5.41, 5.74) is 6.93. The Morgan fingerprint density at radius 3 is 2.75 bits per heavy atom. The summed E-state index contributed by atoms with van der Waals surface area (Å²) in [7, 11) is 0. The number of rotatable bonds is 4. The van der Waals surface area contributed by atoms with Gasteiger partial charge in [-0.05, 0) is 48.8 Å². The SMILES string of the molecule is Cc1cc([C@@H](CC(N)=O)C2CC2)ccc1F. The Morgan fingerprint density at radius 1 is 1.56 bits per heavy atom. The van der Waals surface area contributed by atoms with Crippen molar-refractivity contribution in [1.82, 2.24) is 0 Å². The van der Waals surface area contributed by atoms with Crippen molar-refractivity contribution in [2.75, 3.05) is 0 Å². The largest absolute Gasteiger partial charge is 0.370 e. The van der Waals surface area contributed by atoms with E-state index in [1.165, 1.54) is 6.07 Å². The zero-order valence-electron chi connectivity index (χ0n) is 9.37. The minimum Gasteiger partial charge on any atom is -0.370 e. The molecule has 16 heavy (non-hydrogen) atoms. The van der Waals surface area contributed by atoms with Gasteiger partial charge in [0.2, 0.25) is 5.91 Å². The maximum atomic E-state index is 13.1. The second-order valence-corrected chi connectivity index (χ2v) is 4.62. The molecule has 1 fully saturated rings. The summed E-state index contributed by atoms with van der Waals surface area (Å²) >= 11 is 0. The summed E-state index contributed by atoms with van der Waals surface area (Å²) in [6, 6.07) is 5.08. The van der Waals surface area contributed by atoms with Crippen LogP contribution in [0.25, 0.3) is 0 Å². The van der Waals surface area contributed by atoms with E-state index < -0.39 is 0 Å². The number of carbonyl (C=O) groups excluding carboxylic acids is 1. The minimum absolute atomic E-state index is 0.178. The van der Waals surface area contributed by atoms with E-state index in [-0.39, 0.29) is 17.6 Å². The monoisotopic (exact) mass is 221 g/mol. The van der Waals surface area contributed by atoms with Gasteiger partial charge in [0.1, 0.15) is 5.82 Å². The lowest BCUT2D eigenvalue weighted by Crippen LogP contribution is -2.16. The lowest BCUT2D eigenvalue weighted by atomic mass is 9.90. The number of primary amides is 1. The Balaban J connectivity index is 2.24. The minimum atomic E-state index is -0.279. The van der Waals surface area contributed by atoms with E-state index in [0.29, 0.717) is 17.9 Å². The van der Waals surface area contributed by atoms with Crippen molar-refractivity contribution in [1.29, 1.82) is 0 Å². The summed E-state index contributed by atoms with van der Waals surface area (Å²) in [6.07, 6.45) is 2.67. The highest BCUT2D eigenvalue weighted by atomic mass is 19.1. The van der Waals surface area contributed by atoms with Gasteiger partial charge in [0.15, 0.2) is 0 Å². The van der Waals surface area contributed by atoms with E-state index >= 15 is 0 Å². The van der Waals surface area contributed by atoms with Crippen molar-refractivity contribution in [2.45, 2.75) is 32.1 Å². The Labute approximate surface area is 94.6 Å². The van der Waals surface area contributed by atoms with E-state index in [9.17, 15) is 9.18 Å². The van der Waals surface area contributed by atoms with Crippen molar-refractivity contribution in [2.24, 2.45) is 11.7 Å². The van der Waals surface area contributed by atoms with Crippen LogP contribution in [0, 0.1) is 18.7 Å². The molecule has 0 heterocycles. The first-order valence-corrected chi connectivity index (χ1v) is 5.62. The Morgan fingerprint density at radius 2 is 2.25 bits per heavy atom. The highest BCUT2D eigenvalue weighted by molar-refractivity contribution is 5.75. The predicted octanol–water partition coefficient (Wildman–Crippen LogP) is 2.50. The molecule has 3 heteroatoms. The molecule has 1 aliphatic rings. The molecule has 2 N–H and O–H groups in total. The van der Waals surface area contributed by atoms with Crippen molar-refractivity contribution in [3.63, 3.8) is 0 Å². The summed E-state index contributed by atoms with van der Waals surface area (Å²) in [4.78, 5) is 11.0. The highest BCUT2D eigenvalue weighted by Gasteiger charge is 2.33. The van der Waals surface area contributed by atoms with Crippen LogP contribution in [0.1, 0.15) is 36.3 Å². The molecule has 1 aliphatic carbocycles. The molecular weight excluding hydrogens is 205 g/mol. The number of halogens is 1. The van der Waals surface area contributed by atoms with Crippen molar-refractivity contribution in [3.8, 4) is 0 Å². The van der Waals surface area contributed by atoms with Crippen LogP contribution in [0.15, 0.2) is 18.2 Å². The highest BCUT2D eigenvalue weighted by Crippen LogP contribution is 2.44. The van der Waals surface area contributed by atoms with Gasteiger partial charge in [-0.1, -0.05) is 12.1 Å². The normalized spacial score (nSPS) is 17.1. The molecular formula is C13H16FNO. The topological polar surface area (TPSA) is 43.1 Å². The van der Waals surface area contributed by atoms with Crippen molar-refractivity contribution in [3.05, 3.63) is 35.1 Å². The summed E-state index contributed by atoms with van der Waals surface area (Å²) in [5, 5.41) is 0. The molecule has 1 saturated carbocycles. The molecule has 1 aromatic carbocycles. The fraction of sp³-hybridized carbons (Fsp3) is 0.462. The zero-order valence-corrected chi connectivity index (χ0v) is 9.37. The van der Waals surface area contributed by atoms with Gasteiger partial charge in [0, 0.05) is 6.42 Å². The number of carbonyl (C=O) groups is 1. The number of hydrogen-bond donors (Lipinski definition) is 1. The van der Waals surface area contributed by atoms with Crippen LogP contribution in [-0.4, -0.2) is 5.91 Å². The molecule has 2 nitrogen and oxygen atoms in total. The van der Waals surface area contributed by atoms with Gasteiger partial charge in [-0.25, -0.2) is 4.39 Å². The number of nitrogens with two attached hydrogens (primary N) is 1. The van der Waals surface area contributed by atoms with E-state index in [0.717, 1.165) is 18.4 Å². The lowest BCUT2D eigenvalue weighted by molar-refractivity contribution is -0.118. The van der Waals surface area contributed by atoms with E-state index in [1.807, 2.05) is 6.07 Å². The third-order valence-electron chi connectivity index (χ3n) is 3.22. The molecule has 86 valence electrons. The van der Waals surface area contributed by atoms with Gasteiger partial charge >= 0.3 is 0 Å². The fourth-order valence-corrected chi connectivity index (χ4v) is 2.17. The maximum Gasteiger partial charge on any atom is 0.218 e. The molecule has 0 spiro atoms. The molecule has 0 aliphatic heterocycles. The summed E-state index contributed by atoms with van der Waals surface area (Å²) in [6.45, 7) is 1.74. The predicted molar refractivity (Wildman–Crippen MR) is 60.4 cm³/mol. The first-order chi connectivity index (χ1) is 7.58. The van der Waals surface area contributed by atoms with Crippen LogP contribution >= 0.6 is 0 Å². The van der Waals surface area contributed by atoms with Crippen LogP contribution < -0.4 is 5.73 Å². The van der Waals surface area contributed by atoms with Gasteiger partial charge < -0.3 is 5.73 Å². The third kappa shape index (κ3) is 2.40. The number of benzene rings is 1. The second kappa shape index (κ2) is 4.24. The van der Waals surface area contributed by atoms with E-state index in [1.54, 1.807) is 13.0 Å². The molecule has 0 bridgehead atoms. The average Bonchev–Trinajstić information content (AvgIpc) is 3.02. The Kier molecular flexibility index (Phi) is 2.95. The van der Waals surface area contributed by atoms with Crippen molar-refractivity contribution >= 4 is 5.91 Å². The van der Waals surface area contributed by atoms with Crippen molar-refractivity contribution < 1.29 is 9.18 Å². The van der Waals surface area contributed by atoms with Crippen LogP contribution in [0.4, 0.5) is 4.39 Å². The first kappa shape index (κ1) is 11.1. The Bertz CT molecular complexity index is 412. The van der Waals surface area contributed by atoms with Crippen LogP contribution in [0.3, 0.4) is 0 Å². The van der Waals surface area contributed by atoms with Gasteiger partial charge in [0.05, 0.1) is 0 Å². The molecule has 1 atom stereocenters. The maximum absolute atomic E-state index is 13.1. The van der Waals surface area contributed by atoms with E-state index in [4.69, 9.17) is 5.73 Å². The smallest absolute Gasteiger partial charge is 0.218 e. The Hall–Kier alpha value is -1.38. The molecule has 1 aromatic rings. The van der Waals surface area contributed by atoms with Gasteiger partial charge in [-0.3, -0.25) is 4.79 Å². The van der Waals surface area contributed by atoms with Gasteiger partial charge in [0.25, 0.3) is 0 Å². The third-order valence-corrected chi connectivity index (χ3v) is 3.22. The molecule has 0 unspecified atom stereocenters. The quantitative estimate of drug-likeness (QED) is 0.834. The molecule has 0 saturated heterocycles. The summed E-state index contributed by atoms with van der Waals surface area (Å²) < 4.78 is 13.1.